The predicted octanol–water partition coefficient (Wildman–Crippen LogP) is 6.30. The molecule has 0 aliphatic carbocycles. The highest BCUT2D eigenvalue weighted by Gasteiger charge is 2.46. The summed E-state index contributed by atoms with van der Waals surface area (Å²) in [4.78, 5) is 29.2. The number of carbonyl (C=O) groups is 2. The second-order valence-electron chi connectivity index (χ2n) is 13.4. The second kappa shape index (κ2) is 11.0. The number of benzene rings is 1. The van der Waals surface area contributed by atoms with Gasteiger partial charge in [0.15, 0.2) is 0 Å². The zero-order valence-corrected chi connectivity index (χ0v) is 25.1. The van der Waals surface area contributed by atoms with Crippen LogP contribution in [0.5, 0.6) is 0 Å². The van der Waals surface area contributed by atoms with E-state index >= 15 is 0 Å². The highest BCUT2D eigenvalue weighted by atomic mass is 16.6. The summed E-state index contributed by atoms with van der Waals surface area (Å²) in [5.41, 5.74) is -0.0712. The molecule has 2 amide bonds. The van der Waals surface area contributed by atoms with Crippen molar-refractivity contribution in [1.29, 1.82) is 0 Å². The van der Waals surface area contributed by atoms with E-state index in [1.54, 1.807) is 9.80 Å². The number of ether oxygens (including phenoxy) is 4. The third-order valence-electron chi connectivity index (χ3n) is 6.88. The largest absolute Gasteiger partial charge is 0.444 e. The van der Waals surface area contributed by atoms with Crippen molar-refractivity contribution in [2.24, 2.45) is 0 Å². The van der Waals surface area contributed by atoms with Crippen molar-refractivity contribution in [3.63, 3.8) is 0 Å². The second-order valence-corrected chi connectivity index (χ2v) is 13.4. The van der Waals surface area contributed by atoms with Gasteiger partial charge in [0.1, 0.15) is 22.7 Å². The Labute approximate surface area is 228 Å². The van der Waals surface area contributed by atoms with Crippen molar-refractivity contribution >= 4 is 12.2 Å². The van der Waals surface area contributed by atoms with Gasteiger partial charge in [0.25, 0.3) is 0 Å². The summed E-state index contributed by atoms with van der Waals surface area (Å²) >= 11 is 0. The molecule has 214 valence electrons. The molecule has 1 aromatic rings. The summed E-state index contributed by atoms with van der Waals surface area (Å²) in [5.74, 6) is 0. The zero-order valence-electron chi connectivity index (χ0n) is 25.1. The third kappa shape index (κ3) is 7.85. The Morgan fingerprint density at radius 2 is 1.05 bits per heavy atom. The van der Waals surface area contributed by atoms with E-state index in [9.17, 15) is 9.59 Å². The van der Waals surface area contributed by atoms with Crippen molar-refractivity contribution in [3.05, 3.63) is 35.4 Å². The van der Waals surface area contributed by atoms with E-state index in [-0.39, 0.29) is 24.3 Å². The van der Waals surface area contributed by atoms with Crippen LogP contribution in [0.3, 0.4) is 0 Å². The molecule has 0 N–H and O–H groups in total. The van der Waals surface area contributed by atoms with Crippen LogP contribution in [0, 0.1) is 0 Å². The molecule has 2 fully saturated rings. The molecular formula is C30H48N2O6. The Hall–Kier alpha value is -2.32. The molecular weight excluding hydrogens is 484 g/mol. The molecule has 8 heteroatoms. The Balaban J connectivity index is 1.56. The molecule has 0 aromatic heterocycles. The molecule has 3 rings (SSSR count). The first kappa shape index (κ1) is 30.2. The number of rotatable bonds is 6. The van der Waals surface area contributed by atoms with Gasteiger partial charge in [0.2, 0.25) is 0 Å². The van der Waals surface area contributed by atoms with Crippen molar-refractivity contribution in [3.8, 4) is 0 Å². The lowest BCUT2D eigenvalue weighted by atomic mass is 10.00. The lowest BCUT2D eigenvalue weighted by Crippen LogP contribution is -2.50. The van der Waals surface area contributed by atoms with E-state index in [0.717, 1.165) is 25.7 Å². The Morgan fingerprint density at radius 1 is 0.737 bits per heavy atom. The fraction of sp³-hybridized carbons (Fsp3) is 0.733. The van der Waals surface area contributed by atoms with Crippen molar-refractivity contribution < 1.29 is 28.5 Å². The Bertz CT molecular complexity index is 895. The molecule has 0 radical (unpaired) electrons. The molecule has 2 aliphatic heterocycles. The Kier molecular flexibility index (Phi) is 8.79. The van der Waals surface area contributed by atoms with Gasteiger partial charge in [0, 0.05) is 0 Å². The van der Waals surface area contributed by atoms with E-state index < -0.39 is 22.7 Å². The van der Waals surface area contributed by atoms with Gasteiger partial charge in [-0.05, 0) is 106 Å². The van der Waals surface area contributed by atoms with Crippen LogP contribution in [0.1, 0.15) is 93.2 Å². The predicted molar refractivity (Wildman–Crippen MR) is 147 cm³/mol. The number of aryl methyl sites for hydroxylation is 2. The van der Waals surface area contributed by atoms with Gasteiger partial charge in [-0.15, -0.1) is 0 Å². The van der Waals surface area contributed by atoms with Crippen molar-refractivity contribution in [2.75, 3.05) is 13.2 Å². The van der Waals surface area contributed by atoms with Gasteiger partial charge in [-0.1, -0.05) is 24.3 Å². The molecule has 0 unspecified atom stereocenters. The number of hydrogen-bond acceptors (Lipinski definition) is 6. The van der Waals surface area contributed by atoms with Crippen molar-refractivity contribution in [2.45, 2.75) is 130 Å². The zero-order chi connectivity index (χ0) is 28.5. The van der Waals surface area contributed by atoms with E-state index in [1.807, 2.05) is 69.2 Å². The average Bonchev–Trinajstić information content (AvgIpc) is 3.23. The fourth-order valence-electron chi connectivity index (χ4n) is 5.09. The molecule has 0 spiro atoms. The van der Waals surface area contributed by atoms with Crippen LogP contribution in [-0.4, -0.2) is 69.9 Å². The quantitative estimate of drug-likeness (QED) is 0.428. The number of carbonyl (C=O) groups excluding carboxylic acids is 2. The van der Waals surface area contributed by atoms with Crippen LogP contribution in [0.4, 0.5) is 9.59 Å². The summed E-state index contributed by atoms with van der Waals surface area (Å²) in [6.07, 6.45) is 2.59. The minimum absolute atomic E-state index is 0.0379. The number of nitrogens with zero attached hydrogens (tertiary/aromatic N) is 2. The summed E-state index contributed by atoms with van der Waals surface area (Å²) in [6, 6.07) is 8.51. The first-order valence-electron chi connectivity index (χ1n) is 13.8. The van der Waals surface area contributed by atoms with Crippen LogP contribution >= 0.6 is 0 Å². The van der Waals surface area contributed by atoms with E-state index in [1.165, 1.54) is 11.1 Å². The normalized spacial score (nSPS) is 23.0. The molecule has 8 nitrogen and oxygen atoms in total. The van der Waals surface area contributed by atoms with Gasteiger partial charge < -0.3 is 18.9 Å². The van der Waals surface area contributed by atoms with E-state index in [2.05, 4.69) is 24.3 Å². The number of amides is 2. The molecule has 38 heavy (non-hydrogen) atoms. The maximum atomic E-state index is 12.9. The Morgan fingerprint density at radius 3 is 1.34 bits per heavy atom. The molecule has 2 aliphatic rings. The third-order valence-corrected chi connectivity index (χ3v) is 6.88. The van der Waals surface area contributed by atoms with Gasteiger partial charge in [0.05, 0.1) is 25.3 Å². The lowest BCUT2D eigenvalue weighted by molar-refractivity contribution is -0.0637. The van der Waals surface area contributed by atoms with E-state index in [0.29, 0.717) is 13.2 Å². The van der Waals surface area contributed by atoms with Crippen LogP contribution in [-0.2, 0) is 31.8 Å². The summed E-state index contributed by atoms with van der Waals surface area (Å²) in [5, 5.41) is 0. The minimum Gasteiger partial charge on any atom is -0.444 e. The molecule has 0 saturated carbocycles. The molecule has 2 atom stereocenters. The van der Waals surface area contributed by atoms with Crippen LogP contribution in [0.25, 0.3) is 0 Å². The van der Waals surface area contributed by atoms with Crippen LogP contribution < -0.4 is 0 Å². The summed E-state index contributed by atoms with van der Waals surface area (Å²) < 4.78 is 23.2. The smallest absolute Gasteiger partial charge is 0.412 e. The maximum Gasteiger partial charge on any atom is 0.412 e. The molecule has 2 saturated heterocycles. The van der Waals surface area contributed by atoms with Gasteiger partial charge >= 0.3 is 12.2 Å². The highest BCUT2D eigenvalue weighted by molar-refractivity contribution is 5.70. The standard InChI is InChI=1S/C30H48N2O6/c1-27(2,3)37-25(33)31-23(19-35-29(31,7)8)17-15-21-11-13-22(14-12-21)16-18-24-20-36-30(9,10)32(24)26(34)38-28(4,5)6/h11-14,23-24H,15-20H2,1-10H3/t23-,24-/m1/s1. The maximum absolute atomic E-state index is 12.9. The summed E-state index contributed by atoms with van der Waals surface area (Å²) in [6.45, 7) is 19.9. The highest BCUT2D eigenvalue weighted by Crippen LogP contribution is 2.33. The SMILES string of the molecule is CC(C)(C)OC(=O)N1[C@H](CCc2ccc(CC[C@@H]3COC(C)(C)N3C(=O)OC(C)(C)C)cc2)COC1(C)C. The first-order valence-corrected chi connectivity index (χ1v) is 13.8. The average molecular weight is 533 g/mol. The molecule has 2 heterocycles. The number of hydrogen-bond donors (Lipinski definition) is 0. The molecule has 0 bridgehead atoms. The van der Waals surface area contributed by atoms with Gasteiger partial charge in [-0.2, -0.15) is 0 Å². The molecule has 1 aromatic carbocycles. The van der Waals surface area contributed by atoms with Crippen molar-refractivity contribution in [1.82, 2.24) is 9.80 Å². The van der Waals surface area contributed by atoms with Gasteiger partial charge in [-0.25, -0.2) is 9.59 Å². The van der Waals surface area contributed by atoms with Gasteiger partial charge in [-0.3, -0.25) is 9.80 Å². The summed E-state index contributed by atoms with van der Waals surface area (Å²) in [7, 11) is 0. The fourth-order valence-corrected chi connectivity index (χ4v) is 5.09. The minimum atomic E-state index is -0.692. The van der Waals surface area contributed by atoms with Crippen LogP contribution in [0.15, 0.2) is 24.3 Å². The van der Waals surface area contributed by atoms with Crippen LogP contribution in [0.2, 0.25) is 0 Å². The lowest BCUT2D eigenvalue weighted by Gasteiger charge is -2.35. The monoisotopic (exact) mass is 532 g/mol. The topological polar surface area (TPSA) is 77.5 Å². The first-order chi connectivity index (χ1) is 17.4. The van der Waals surface area contributed by atoms with E-state index in [4.69, 9.17) is 18.9 Å².